The van der Waals surface area contributed by atoms with Crippen LogP contribution in [0.25, 0.3) is 0 Å². The number of nitro groups is 1. The van der Waals surface area contributed by atoms with Crippen LogP contribution in [0.1, 0.15) is 18.9 Å². The van der Waals surface area contributed by atoms with Crippen molar-refractivity contribution in [1.82, 2.24) is 14.8 Å². The molecule has 0 spiro atoms. The number of aromatic nitrogens is 3. The van der Waals surface area contributed by atoms with Crippen molar-refractivity contribution in [3.63, 3.8) is 0 Å². The molecule has 0 radical (unpaired) electrons. The molecule has 0 aliphatic carbocycles. The normalized spacial score (nSPS) is 11.6. The predicted octanol–water partition coefficient (Wildman–Crippen LogP) is 3.60. The third-order valence-corrected chi connectivity index (χ3v) is 5.32. The summed E-state index contributed by atoms with van der Waals surface area (Å²) in [5, 5.41) is 22.3. The van der Waals surface area contributed by atoms with Crippen LogP contribution in [-0.2, 0) is 11.8 Å². The van der Waals surface area contributed by atoms with Crippen molar-refractivity contribution in [2.75, 3.05) is 18.2 Å². The van der Waals surface area contributed by atoms with Crippen LogP contribution in [0.4, 0.5) is 11.4 Å². The van der Waals surface area contributed by atoms with E-state index in [-0.39, 0.29) is 23.5 Å². The van der Waals surface area contributed by atoms with E-state index < -0.39 is 4.92 Å². The van der Waals surface area contributed by atoms with Crippen molar-refractivity contribution in [3.05, 3.63) is 64.5 Å². The molecule has 0 fully saturated rings. The fourth-order valence-electron chi connectivity index (χ4n) is 2.71. The fourth-order valence-corrected chi connectivity index (χ4v) is 3.43. The lowest BCUT2D eigenvalue weighted by atomic mass is 10.3. The minimum Gasteiger partial charge on any atom is -0.497 e. The van der Waals surface area contributed by atoms with Crippen LogP contribution in [0.2, 0.25) is 0 Å². The maximum absolute atomic E-state index is 12.2. The van der Waals surface area contributed by atoms with E-state index in [0.717, 1.165) is 5.75 Å². The van der Waals surface area contributed by atoms with Gasteiger partial charge in [0.15, 0.2) is 17.1 Å². The van der Waals surface area contributed by atoms with Gasteiger partial charge >= 0.3 is 0 Å². The van der Waals surface area contributed by atoms with Crippen LogP contribution in [0, 0.1) is 10.1 Å². The number of anilines is 1. The minimum absolute atomic E-state index is 0.0371. The number of amides is 1. The van der Waals surface area contributed by atoms with E-state index >= 15 is 0 Å². The van der Waals surface area contributed by atoms with Crippen LogP contribution in [0.5, 0.6) is 11.5 Å². The quantitative estimate of drug-likeness (QED) is 0.302. The van der Waals surface area contributed by atoms with E-state index in [1.165, 1.54) is 36.0 Å². The molecule has 31 heavy (non-hydrogen) atoms. The second-order valence-corrected chi connectivity index (χ2v) is 7.42. The van der Waals surface area contributed by atoms with Crippen molar-refractivity contribution in [3.8, 4) is 11.5 Å². The SMILES string of the molecule is COc1ccc(OC(C)c2nnc(SCC(=O)Nc3ccc([N+](=O)[O-])cc3)n2C)cc1. The summed E-state index contributed by atoms with van der Waals surface area (Å²) in [6.07, 6.45) is -0.353. The van der Waals surface area contributed by atoms with Gasteiger partial charge < -0.3 is 19.4 Å². The summed E-state index contributed by atoms with van der Waals surface area (Å²) in [6.45, 7) is 1.87. The molecular weight excluding hydrogens is 422 g/mol. The van der Waals surface area contributed by atoms with E-state index in [2.05, 4.69) is 15.5 Å². The highest BCUT2D eigenvalue weighted by Crippen LogP contribution is 2.25. The van der Waals surface area contributed by atoms with Gasteiger partial charge in [-0.2, -0.15) is 0 Å². The van der Waals surface area contributed by atoms with E-state index in [1.54, 1.807) is 18.7 Å². The number of hydrogen-bond donors (Lipinski definition) is 1. The summed E-state index contributed by atoms with van der Waals surface area (Å²) in [5.74, 6) is 1.88. The number of methoxy groups -OCH3 is 1. The monoisotopic (exact) mass is 443 g/mol. The molecule has 0 aliphatic rings. The Bertz CT molecular complexity index is 1050. The molecule has 0 aliphatic heterocycles. The van der Waals surface area contributed by atoms with Crippen molar-refractivity contribution in [1.29, 1.82) is 0 Å². The summed E-state index contributed by atoms with van der Waals surface area (Å²) >= 11 is 1.23. The lowest BCUT2D eigenvalue weighted by molar-refractivity contribution is -0.384. The molecule has 3 rings (SSSR count). The highest BCUT2D eigenvalue weighted by molar-refractivity contribution is 7.99. The first-order chi connectivity index (χ1) is 14.9. The summed E-state index contributed by atoms with van der Waals surface area (Å²) in [4.78, 5) is 22.4. The van der Waals surface area contributed by atoms with Crippen LogP contribution in [0.3, 0.4) is 0 Å². The Morgan fingerprint density at radius 1 is 1.16 bits per heavy atom. The van der Waals surface area contributed by atoms with Crippen molar-refractivity contribution >= 4 is 29.0 Å². The first-order valence-electron chi connectivity index (χ1n) is 9.24. The number of nitro benzene ring substituents is 1. The molecule has 1 unspecified atom stereocenters. The maximum Gasteiger partial charge on any atom is 0.269 e. The Balaban J connectivity index is 1.55. The van der Waals surface area contributed by atoms with E-state index in [1.807, 2.05) is 31.2 Å². The largest absolute Gasteiger partial charge is 0.497 e. The van der Waals surface area contributed by atoms with Crippen LogP contribution >= 0.6 is 11.8 Å². The summed E-state index contributed by atoms with van der Waals surface area (Å²) in [5.41, 5.74) is 0.446. The number of non-ortho nitro benzene ring substituents is 1. The maximum atomic E-state index is 12.2. The molecule has 3 aromatic rings. The topological polar surface area (TPSA) is 121 Å². The molecule has 0 saturated heterocycles. The summed E-state index contributed by atoms with van der Waals surface area (Å²) < 4.78 is 12.8. The number of carbonyl (C=O) groups excluding carboxylic acids is 1. The van der Waals surface area contributed by atoms with Gasteiger partial charge in [-0.15, -0.1) is 10.2 Å². The van der Waals surface area contributed by atoms with E-state index in [0.29, 0.717) is 22.4 Å². The lowest BCUT2D eigenvalue weighted by Gasteiger charge is -2.14. The van der Waals surface area contributed by atoms with Crippen LogP contribution in [-0.4, -0.2) is 38.5 Å². The number of carbonyl (C=O) groups is 1. The zero-order valence-electron chi connectivity index (χ0n) is 17.1. The molecule has 10 nitrogen and oxygen atoms in total. The number of nitrogens with zero attached hydrogens (tertiary/aromatic N) is 4. The lowest BCUT2D eigenvalue weighted by Crippen LogP contribution is -2.15. The first kappa shape index (κ1) is 22.1. The molecule has 2 aromatic carbocycles. The molecule has 1 atom stereocenters. The molecule has 0 saturated carbocycles. The van der Waals surface area contributed by atoms with Gasteiger partial charge in [0.05, 0.1) is 17.8 Å². The second-order valence-electron chi connectivity index (χ2n) is 6.48. The highest BCUT2D eigenvalue weighted by atomic mass is 32.2. The number of nitrogens with one attached hydrogen (secondary N) is 1. The van der Waals surface area contributed by atoms with Gasteiger partial charge in [0.25, 0.3) is 5.69 Å². The average molecular weight is 443 g/mol. The van der Waals surface area contributed by atoms with Crippen molar-refractivity contribution < 1.29 is 19.2 Å². The van der Waals surface area contributed by atoms with Gasteiger partial charge in [-0.1, -0.05) is 11.8 Å². The van der Waals surface area contributed by atoms with Crippen molar-refractivity contribution in [2.24, 2.45) is 7.05 Å². The smallest absolute Gasteiger partial charge is 0.269 e. The predicted molar refractivity (Wildman–Crippen MR) is 115 cm³/mol. The molecule has 1 aromatic heterocycles. The molecule has 1 N–H and O–H groups in total. The van der Waals surface area contributed by atoms with E-state index in [9.17, 15) is 14.9 Å². The number of ether oxygens (including phenoxy) is 2. The molecule has 11 heteroatoms. The summed E-state index contributed by atoms with van der Waals surface area (Å²) in [7, 11) is 3.41. The number of thioether (sulfide) groups is 1. The van der Waals surface area contributed by atoms with Gasteiger partial charge in [0, 0.05) is 24.9 Å². The zero-order chi connectivity index (χ0) is 22.4. The molecule has 1 heterocycles. The number of hydrogen-bond acceptors (Lipinski definition) is 8. The molecule has 0 bridgehead atoms. The highest BCUT2D eigenvalue weighted by Gasteiger charge is 2.18. The summed E-state index contributed by atoms with van der Waals surface area (Å²) in [6, 6.07) is 12.9. The van der Waals surface area contributed by atoms with E-state index in [4.69, 9.17) is 9.47 Å². The molecular formula is C20H21N5O5S. The second kappa shape index (κ2) is 9.94. The first-order valence-corrected chi connectivity index (χ1v) is 10.2. The van der Waals surface area contributed by atoms with Gasteiger partial charge in [0.1, 0.15) is 11.5 Å². The fraction of sp³-hybridized carbons (Fsp3) is 0.250. The molecule has 162 valence electrons. The van der Waals surface area contributed by atoms with Gasteiger partial charge in [-0.3, -0.25) is 14.9 Å². The molecule has 1 amide bonds. The third kappa shape index (κ3) is 5.72. The minimum atomic E-state index is -0.494. The number of benzene rings is 2. The van der Waals surface area contributed by atoms with Crippen LogP contribution < -0.4 is 14.8 Å². The van der Waals surface area contributed by atoms with Gasteiger partial charge in [-0.05, 0) is 43.3 Å². The zero-order valence-corrected chi connectivity index (χ0v) is 18.0. The van der Waals surface area contributed by atoms with Crippen molar-refractivity contribution in [2.45, 2.75) is 18.2 Å². The number of rotatable bonds is 9. The van der Waals surface area contributed by atoms with Crippen LogP contribution in [0.15, 0.2) is 53.7 Å². The Labute approximate surface area is 182 Å². The van der Waals surface area contributed by atoms with Gasteiger partial charge in [0.2, 0.25) is 5.91 Å². The standard InChI is InChI=1S/C20H21N5O5S/c1-13(30-17-10-8-16(29-3)9-11-17)19-22-23-20(24(19)2)31-12-18(26)21-14-4-6-15(7-5-14)25(27)28/h4-11,13H,12H2,1-3H3,(H,21,26). The Hall–Kier alpha value is -3.60. The van der Waals surface area contributed by atoms with Gasteiger partial charge in [-0.25, -0.2) is 0 Å². The Morgan fingerprint density at radius 3 is 2.42 bits per heavy atom. The Kier molecular flexibility index (Phi) is 7.08. The average Bonchev–Trinajstić information content (AvgIpc) is 3.13. The third-order valence-electron chi connectivity index (χ3n) is 4.30. The Morgan fingerprint density at radius 2 is 1.81 bits per heavy atom.